The third-order valence-electron chi connectivity index (χ3n) is 4.93. The van der Waals surface area contributed by atoms with Crippen molar-refractivity contribution in [3.63, 3.8) is 0 Å². The van der Waals surface area contributed by atoms with E-state index < -0.39 is 0 Å². The predicted molar refractivity (Wildman–Crippen MR) is 117 cm³/mol. The molecule has 0 unspecified atom stereocenters. The molecule has 0 aliphatic heterocycles. The second kappa shape index (κ2) is 7.32. The van der Waals surface area contributed by atoms with Crippen molar-refractivity contribution in [1.29, 1.82) is 0 Å². The maximum Gasteiger partial charge on any atom is 0.143 e. The van der Waals surface area contributed by atoms with Crippen molar-refractivity contribution in [3.05, 3.63) is 72.9 Å². The number of ether oxygens (including phenoxy) is 1. The van der Waals surface area contributed by atoms with Crippen LogP contribution in [0.25, 0.3) is 21.8 Å². The zero-order valence-corrected chi connectivity index (χ0v) is 16.3. The van der Waals surface area contributed by atoms with Crippen molar-refractivity contribution in [3.8, 4) is 5.75 Å². The molecule has 8 heteroatoms. The van der Waals surface area contributed by atoms with Crippen LogP contribution in [-0.2, 0) is 6.54 Å². The van der Waals surface area contributed by atoms with Crippen LogP contribution in [0.2, 0.25) is 0 Å². The Morgan fingerprint density at radius 3 is 2.83 bits per heavy atom. The molecule has 8 nitrogen and oxygen atoms in total. The maximum atomic E-state index is 6.08. The lowest BCUT2D eigenvalue weighted by Crippen LogP contribution is -2.03. The van der Waals surface area contributed by atoms with Gasteiger partial charge in [0.2, 0.25) is 0 Å². The SMILES string of the molecule is COc1cc2ncnc(Nc3ccc4c(cnn4Cc4ccccn4)c3)c2cc1N. The van der Waals surface area contributed by atoms with Gasteiger partial charge in [-0.15, -0.1) is 0 Å². The molecule has 3 aromatic heterocycles. The van der Waals surface area contributed by atoms with Gasteiger partial charge < -0.3 is 15.8 Å². The van der Waals surface area contributed by atoms with Crippen molar-refractivity contribution in [2.45, 2.75) is 6.54 Å². The molecule has 5 rings (SSSR count). The molecule has 0 saturated heterocycles. The average molecular weight is 397 g/mol. The molecule has 3 N–H and O–H groups in total. The highest BCUT2D eigenvalue weighted by atomic mass is 16.5. The van der Waals surface area contributed by atoms with Gasteiger partial charge in [0.25, 0.3) is 0 Å². The first-order valence-electron chi connectivity index (χ1n) is 9.42. The minimum Gasteiger partial charge on any atom is -0.495 e. The number of nitrogens with two attached hydrogens (primary N) is 1. The van der Waals surface area contributed by atoms with E-state index in [1.54, 1.807) is 13.3 Å². The topological polar surface area (TPSA) is 104 Å². The van der Waals surface area contributed by atoms with Crippen LogP contribution >= 0.6 is 0 Å². The second-order valence-corrected chi connectivity index (χ2v) is 6.86. The first-order chi connectivity index (χ1) is 14.7. The largest absolute Gasteiger partial charge is 0.495 e. The summed E-state index contributed by atoms with van der Waals surface area (Å²) in [6.07, 6.45) is 5.16. The number of benzene rings is 2. The number of rotatable bonds is 5. The van der Waals surface area contributed by atoms with E-state index in [1.807, 2.05) is 59.4 Å². The van der Waals surface area contributed by atoms with Crippen LogP contribution in [0, 0.1) is 0 Å². The molecule has 0 fully saturated rings. The lowest BCUT2D eigenvalue weighted by Gasteiger charge is -2.11. The summed E-state index contributed by atoms with van der Waals surface area (Å²) >= 11 is 0. The molecule has 148 valence electrons. The van der Waals surface area contributed by atoms with Crippen LogP contribution in [0.5, 0.6) is 5.75 Å². The van der Waals surface area contributed by atoms with E-state index in [4.69, 9.17) is 10.5 Å². The third kappa shape index (κ3) is 3.24. The number of nitrogen functional groups attached to an aromatic ring is 1. The molecule has 0 amide bonds. The molecule has 0 aliphatic rings. The zero-order valence-electron chi connectivity index (χ0n) is 16.3. The molecular weight excluding hydrogens is 378 g/mol. The molecule has 3 heterocycles. The minimum atomic E-state index is 0.536. The summed E-state index contributed by atoms with van der Waals surface area (Å²) in [7, 11) is 1.58. The number of pyridine rings is 1. The van der Waals surface area contributed by atoms with Crippen LogP contribution in [0.1, 0.15) is 5.69 Å². The Labute approximate surface area is 172 Å². The Bertz CT molecular complexity index is 1350. The predicted octanol–water partition coefficient (Wildman–Crippen LogP) is 3.76. The van der Waals surface area contributed by atoms with Crippen molar-refractivity contribution < 1.29 is 4.74 Å². The summed E-state index contributed by atoms with van der Waals surface area (Å²) in [6.45, 7) is 0.620. The van der Waals surface area contributed by atoms with Crippen molar-refractivity contribution >= 4 is 39.0 Å². The Hall–Kier alpha value is -4.20. The number of hydrogen-bond donors (Lipinski definition) is 2. The highest BCUT2D eigenvalue weighted by Crippen LogP contribution is 2.31. The maximum absolute atomic E-state index is 6.08. The van der Waals surface area contributed by atoms with Gasteiger partial charge in [0.1, 0.15) is 17.9 Å². The third-order valence-corrected chi connectivity index (χ3v) is 4.93. The van der Waals surface area contributed by atoms with Gasteiger partial charge in [0.15, 0.2) is 0 Å². The van der Waals surface area contributed by atoms with E-state index in [2.05, 4.69) is 25.4 Å². The minimum absolute atomic E-state index is 0.536. The van der Waals surface area contributed by atoms with E-state index in [-0.39, 0.29) is 0 Å². The molecule has 5 aromatic rings. The molecule has 0 spiro atoms. The molecule has 30 heavy (non-hydrogen) atoms. The highest BCUT2D eigenvalue weighted by molar-refractivity contribution is 5.95. The number of hydrogen-bond acceptors (Lipinski definition) is 7. The molecule has 2 aromatic carbocycles. The van der Waals surface area contributed by atoms with Gasteiger partial charge in [0, 0.05) is 28.7 Å². The standard InChI is InChI=1S/C22H19N7O/c1-30-21-10-19-17(9-18(21)23)22(26-13-25-19)28-15-5-6-20-14(8-15)11-27-29(20)12-16-4-2-3-7-24-16/h2-11,13H,12,23H2,1H3,(H,25,26,28). The van der Waals surface area contributed by atoms with Crippen LogP contribution in [0.3, 0.4) is 0 Å². The van der Waals surface area contributed by atoms with E-state index >= 15 is 0 Å². The highest BCUT2D eigenvalue weighted by Gasteiger charge is 2.10. The lowest BCUT2D eigenvalue weighted by atomic mass is 10.2. The molecular formula is C22H19N7O. The van der Waals surface area contributed by atoms with Gasteiger partial charge in [-0.05, 0) is 36.4 Å². The first kappa shape index (κ1) is 17.9. The van der Waals surface area contributed by atoms with Crippen LogP contribution in [0.15, 0.2) is 67.3 Å². The molecule has 0 saturated carbocycles. The van der Waals surface area contributed by atoms with Gasteiger partial charge >= 0.3 is 0 Å². The number of aromatic nitrogens is 5. The molecule has 0 bridgehead atoms. The lowest BCUT2D eigenvalue weighted by molar-refractivity contribution is 0.417. The summed E-state index contributed by atoms with van der Waals surface area (Å²) in [5.74, 6) is 1.27. The Balaban J connectivity index is 1.47. The normalized spacial score (nSPS) is 11.1. The molecule has 0 atom stereocenters. The molecule has 0 radical (unpaired) electrons. The van der Waals surface area contributed by atoms with Crippen LogP contribution < -0.4 is 15.8 Å². The van der Waals surface area contributed by atoms with E-state index in [1.165, 1.54) is 6.33 Å². The van der Waals surface area contributed by atoms with Gasteiger partial charge in [-0.3, -0.25) is 9.67 Å². The summed E-state index contributed by atoms with van der Waals surface area (Å²) in [5, 5.41) is 9.72. The second-order valence-electron chi connectivity index (χ2n) is 6.86. The Kier molecular flexibility index (Phi) is 4.36. The number of fused-ring (bicyclic) bond motifs is 2. The summed E-state index contributed by atoms with van der Waals surface area (Å²) < 4.78 is 7.22. The van der Waals surface area contributed by atoms with Gasteiger partial charge in [-0.1, -0.05) is 6.07 Å². The first-order valence-corrected chi connectivity index (χ1v) is 9.42. The van der Waals surface area contributed by atoms with Crippen LogP contribution in [0.4, 0.5) is 17.2 Å². The molecule has 0 aliphatic carbocycles. The Morgan fingerprint density at radius 2 is 2.00 bits per heavy atom. The number of nitrogens with zero attached hydrogens (tertiary/aromatic N) is 5. The zero-order chi connectivity index (χ0) is 20.5. The fourth-order valence-electron chi connectivity index (χ4n) is 3.45. The van der Waals surface area contributed by atoms with Crippen molar-refractivity contribution in [1.82, 2.24) is 24.7 Å². The number of methoxy groups -OCH3 is 1. The van der Waals surface area contributed by atoms with Gasteiger partial charge in [-0.2, -0.15) is 5.10 Å². The summed E-state index contributed by atoms with van der Waals surface area (Å²) in [6, 6.07) is 15.6. The monoisotopic (exact) mass is 397 g/mol. The number of nitrogens with one attached hydrogen (secondary N) is 1. The average Bonchev–Trinajstić information content (AvgIpc) is 3.16. The smallest absolute Gasteiger partial charge is 0.143 e. The quantitative estimate of drug-likeness (QED) is 0.435. The van der Waals surface area contributed by atoms with Gasteiger partial charge in [0.05, 0.1) is 42.3 Å². The fourth-order valence-corrected chi connectivity index (χ4v) is 3.45. The summed E-state index contributed by atoms with van der Waals surface area (Å²) in [4.78, 5) is 13.1. The number of anilines is 3. The van der Waals surface area contributed by atoms with Gasteiger partial charge in [-0.25, -0.2) is 9.97 Å². The van der Waals surface area contributed by atoms with Crippen molar-refractivity contribution in [2.24, 2.45) is 0 Å². The van der Waals surface area contributed by atoms with E-state index in [9.17, 15) is 0 Å². The van der Waals surface area contributed by atoms with Crippen LogP contribution in [-0.4, -0.2) is 31.8 Å². The van der Waals surface area contributed by atoms with E-state index in [0.29, 0.717) is 23.8 Å². The Morgan fingerprint density at radius 1 is 1.07 bits per heavy atom. The van der Waals surface area contributed by atoms with Crippen molar-refractivity contribution in [2.75, 3.05) is 18.2 Å². The van der Waals surface area contributed by atoms with E-state index in [0.717, 1.165) is 33.2 Å². The summed E-state index contributed by atoms with van der Waals surface area (Å²) in [5.41, 5.74) is 10.3. The fraction of sp³-hybridized carbons (Fsp3) is 0.0909.